The summed E-state index contributed by atoms with van der Waals surface area (Å²) < 4.78 is 1.28. The number of hydrogen-bond donors (Lipinski definition) is 0. The van der Waals surface area contributed by atoms with Gasteiger partial charge in [-0.05, 0) is 35.1 Å². The van der Waals surface area contributed by atoms with E-state index in [2.05, 4.69) is 57.9 Å². The standard InChI is InChI=1S/C15H18IN/c16-11-6-2-1-3-9-15-14-8-5-4-7-13(14)10-12-17-15/h4-5,7-8,10,12H,1-3,6,9,11H2. The van der Waals surface area contributed by atoms with Crippen LogP contribution in [0.2, 0.25) is 0 Å². The number of benzene rings is 1. The molecule has 0 aliphatic carbocycles. The summed E-state index contributed by atoms with van der Waals surface area (Å²) in [6.07, 6.45) is 8.34. The van der Waals surface area contributed by atoms with Gasteiger partial charge in [0.15, 0.2) is 0 Å². The molecule has 0 bridgehead atoms. The van der Waals surface area contributed by atoms with Crippen LogP contribution in [-0.4, -0.2) is 9.41 Å². The number of nitrogens with zero attached hydrogens (tertiary/aromatic N) is 1. The fraction of sp³-hybridized carbons (Fsp3) is 0.400. The highest BCUT2D eigenvalue weighted by Crippen LogP contribution is 2.18. The Balaban J connectivity index is 1.98. The van der Waals surface area contributed by atoms with E-state index in [4.69, 9.17) is 0 Å². The van der Waals surface area contributed by atoms with Gasteiger partial charge in [-0.25, -0.2) is 0 Å². The Morgan fingerprint density at radius 3 is 2.65 bits per heavy atom. The van der Waals surface area contributed by atoms with Gasteiger partial charge in [0.2, 0.25) is 0 Å². The largest absolute Gasteiger partial charge is 0.261 e. The highest BCUT2D eigenvalue weighted by Gasteiger charge is 2.01. The summed E-state index contributed by atoms with van der Waals surface area (Å²) in [7, 11) is 0. The lowest BCUT2D eigenvalue weighted by Gasteiger charge is -2.05. The quantitative estimate of drug-likeness (QED) is 0.420. The van der Waals surface area contributed by atoms with Crippen molar-refractivity contribution in [1.29, 1.82) is 0 Å². The molecule has 0 saturated heterocycles. The summed E-state index contributed by atoms with van der Waals surface area (Å²) in [6, 6.07) is 10.6. The highest BCUT2D eigenvalue weighted by molar-refractivity contribution is 14.1. The lowest BCUT2D eigenvalue weighted by Crippen LogP contribution is -1.92. The van der Waals surface area contributed by atoms with Crippen LogP contribution in [0.4, 0.5) is 0 Å². The number of aryl methyl sites for hydroxylation is 1. The van der Waals surface area contributed by atoms with Crippen molar-refractivity contribution in [2.75, 3.05) is 4.43 Å². The molecule has 1 heterocycles. The second kappa shape index (κ2) is 6.94. The van der Waals surface area contributed by atoms with Gasteiger partial charge in [0, 0.05) is 17.3 Å². The predicted molar refractivity (Wildman–Crippen MR) is 82.8 cm³/mol. The van der Waals surface area contributed by atoms with Crippen LogP contribution in [-0.2, 0) is 6.42 Å². The molecule has 2 aromatic rings. The van der Waals surface area contributed by atoms with E-state index in [-0.39, 0.29) is 0 Å². The van der Waals surface area contributed by atoms with Crippen LogP contribution in [0, 0.1) is 0 Å². The van der Waals surface area contributed by atoms with Gasteiger partial charge in [-0.3, -0.25) is 4.98 Å². The fourth-order valence-electron chi connectivity index (χ4n) is 2.12. The smallest absolute Gasteiger partial charge is 0.0481 e. The molecular formula is C15H18IN. The number of halogens is 1. The Hall–Kier alpha value is -0.640. The summed E-state index contributed by atoms with van der Waals surface area (Å²) in [5, 5.41) is 2.63. The number of hydrogen-bond acceptors (Lipinski definition) is 1. The maximum atomic E-state index is 4.52. The van der Waals surface area contributed by atoms with Crippen molar-refractivity contribution >= 4 is 33.4 Å². The highest BCUT2D eigenvalue weighted by atomic mass is 127. The number of aromatic nitrogens is 1. The van der Waals surface area contributed by atoms with Crippen LogP contribution < -0.4 is 0 Å². The third-order valence-corrected chi connectivity index (χ3v) is 3.82. The summed E-state index contributed by atoms with van der Waals surface area (Å²) in [6.45, 7) is 0. The zero-order valence-electron chi connectivity index (χ0n) is 10.0. The van der Waals surface area contributed by atoms with E-state index in [0.29, 0.717) is 0 Å². The molecule has 0 N–H and O–H groups in total. The fourth-order valence-corrected chi connectivity index (χ4v) is 2.66. The van der Waals surface area contributed by atoms with E-state index in [0.717, 1.165) is 6.42 Å². The number of pyridine rings is 1. The monoisotopic (exact) mass is 339 g/mol. The van der Waals surface area contributed by atoms with Crippen molar-refractivity contribution in [3.8, 4) is 0 Å². The third-order valence-electron chi connectivity index (χ3n) is 3.05. The van der Waals surface area contributed by atoms with Crippen LogP contribution >= 0.6 is 22.6 Å². The average Bonchev–Trinajstić information content (AvgIpc) is 2.39. The first-order chi connectivity index (χ1) is 8.42. The van der Waals surface area contributed by atoms with E-state index < -0.39 is 0 Å². The Bertz CT molecular complexity index is 462. The molecule has 0 fully saturated rings. The Kier molecular flexibility index (Phi) is 5.23. The molecule has 0 aliphatic rings. The average molecular weight is 339 g/mol. The molecule has 0 aliphatic heterocycles. The lowest BCUT2D eigenvalue weighted by molar-refractivity contribution is 0.668. The molecule has 0 spiro atoms. The number of fused-ring (bicyclic) bond motifs is 1. The molecule has 0 radical (unpaired) electrons. The maximum absolute atomic E-state index is 4.52. The van der Waals surface area contributed by atoms with Crippen LogP contribution in [0.3, 0.4) is 0 Å². The molecule has 1 aromatic carbocycles. The Morgan fingerprint density at radius 2 is 1.76 bits per heavy atom. The molecule has 0 unspecified atom stereocenters. The van der Waals surface area contributed by atoms with Crippen LogP contribution in [0.15, 0.2) is 36.5 Å². The van der Waals surface area contributed by atoms with Gasteiger partial charge in [-0.2, -0.15) is 0 Å². The van der Waals surface area contributed by atoms with E-state index in [1.807, 2.05) is 6.20 Å². The van der Waals surface area contributed by atoms with E-state index in [1.54, 1.807) is 0 Å². The lowest BCUT2D eigenvalue weighted by atomic mass is 10.0. The van der Waals surface area contributed by atoms with Gasteiger partial charge in [0.1, 0.15) is 0 Å². The van der Waals surface area contributed by atoms with Gasteiger partial charge < -0.3 is 0 Å². The zero-order chi connectivity index (χ0) is 11.9. The first kappa shape index (κ1) is 12.8. The first-order valence-electron chi connectivity index (χ1n) is 6.30. The molecule has 2 heteroatoms. The van der Waals surface area contributed by atoms with Crippen LogP contribution in [0.1, 0.15) is 31.4 Å². The van der Waals surface area contributed by atoms with Crippen molar-refractivity contribution in [2.24, 2.45) is 0 Å². The van der Waals surface area contributed by atoms with Gasteiger partial charge in [0.25, 0.3) is 0 Å². The van der Waals surface area contributed by atoms with Crippen molar-refractivity contribution in [3.05, 3.63) is 42.2 Å². The third kappa shape index (κ3) is 3.66. The van der Waals surface area contributed by atoms with E-state index >= 15 is 0 Å². The molecule has 2 rings (SSSR count). The second-order valence-electron chi connectivity index (χ2n) is 4.33. The summed E-state index contributed by atoms with van der Waals surface area (Å²) in [5.74, 6) is 0. The summed E-state index contributed by atoms with van der Waals surface area (Å²) >= 11 is 2.45. The molecule has 0 saturated carbocycles. The van der Waals surface area contributed by atoms with Gasteiger partial charge in [-0.15, -0.1) is 0 Å². The number of rotatable bonds is 6. The van der Waals surface area contributed by atoms with Crippen molar-refractivity contribution in [3.63, 3.8) is 0 Å². The van der Waals surface area contributed by atoms with E-state index in [9.17, 15) is 0 Å². The zero-order valence-corrected chi connectivity index (χ0v) is 12.2. The Morgan fingerprint density at radius 1 is 0.941 bits per heavy atom. The summed E-state index contributed by atoms with van der Waals surface area (Å²) in [4.78, 5) is 4.52. The topological polar surface area (TPSA) is 12.9 Å². The van der Waals surface area contributed by atoms with Gasteiger partial charge >= 0.3 is 0 Å². The SMILES string of the molecule is ICCCCCCc1nccc2ccccc12. The molecule has 17 heavy (non-hydrogen) atoms. The molecular weight excluding hydrogens is 321 g/mol. The maximum Gasteiger partial charge on any atom is 0.0481 e. The molecule has 0 atom stereocenters. The minimum Gasteiger partial charge on any atom is -0.261 e. The van der Waals surface area contributed by atoms with Crippen LogP contribution in [0.5, 0.6) is 0 Å². The molecule has 90 valence electrons. The van der Waals surface area contributed by atoms with E-state index in [1.165, 1.54) is 46.6 Å². The normalized spacial score (nSPS) is 10.9. The second-order valence-corrected chi connectivity index (χ2v) is 5.41. The van der Waals surface area contributed by atoms with Crippen molar-refractivity contribution in [2.45, 2.75) is 32.1 Å². The predicted octanol–water partition coefficient (Wildman–Crippen LogP) is 4.77. The van der Waals surface area contributed by atoms with Crippen LogP contribution in [0.25, 0.3) is 10.8 Å². The Labute approximate surface area is 117 Å². The van der Waals surface area contributed by atoms with Crippen molar-refractivity contribution < 1.29 is 0 Å². The minimum absolute atomic E-state index is 1.11. The number of unbranched alkanes of at least 4 members (excludes halogenated alkanes) is 3. The first-order valence-corrected chi connectivity index (χ1v) is 7.83. The minimum atomic E-state index is 1.11. The van der Waals surface area contributed by atoms with Gasteiger partial charge in [-0.1, -0.05) is 59.7 Å². The van der Waals surface area contributed by atoms with Crippen molar-refractivity contribution in [1.82, 2.24) is 4.98 Å². The molecule has 1 aromatic heterocycles. The summed E-state index contributed by atoms with van der Waals surface area (Å²) in [5.41, 5.74) is 1.26. The molecule has 1 nitrogen and oxygen atoms in total. The number of alkyl halides is 1. The van der Waals surface area contributed by atoms with Gasteiger partial charge in [0.05, 0.1) is 0 Å². The molecule has 0 amide bonds.